The molecule has 1 heterocycles. The van der Waals surface area contributed by atoms with Crippen molar-refractivity contribution in [3.63, 3.8) is 0 Å². The maximum absolute atomic E-state index is 6.76. The molecule has 0 N–H and O–H groups in total. The Bertz CT molecular complexity index is 3640. The predicted octanol–water partition coefficient (Wildman–Crippen LogP) is 15.0. The van der Waals surface area contributed by atoms with E-state index in [1.165, 1.54) is 103 Å². The van der Waals surface area contributed by atoms with Crippen molar-refractivity contribution in [2.24, 2.45) is 0 Å². The lowest BCUT2D eigenvalue weighted by atomic mass is 9.85. The van der Waals surface area contributed by atoms with E-state index in [1.54, 1.807) is 0 Å². The second-order valence-corrected chi connectivity index (χ2v) is 14.8. The molecule has 0 spiro atoms. The van der Waals surface area contributed by atoms with Gasteiger partial charge in [-0.3, -0.25) is 0 Å². The fourth-order valence-electron chi connectivity index (χ4n) is 9.70. The van der Waals surface area contributed by atoms with E-state index in [1.807, 2.05) is 0 Å². The van der Waals surface area contributed by atoms with E-state index in [4.69, 9.17) is 4.42 Å². The third-order valence-corrected chi connectivity index (χ3v) is 12.1. The first kappa shape index (κ1) is 27.7. The number of furan rings is 1. The third kappa shape index (κ3) is 3.66. The largest absolute Gasteiger partial charge is 0.455 e. The van der Waals surface area contributed by atoms with Crippen molar-refractivity contribution in [2.75, 3.05) is 0 Å². The molecule has 1 nitrogen and oxygen atoms in total. The van der Waals surface area contributed by atoms with Crippen LogP contribution in [0.25, 0.3) is 130 Å². The summed E-state index contributed by atoms with van der Waals surface area (Å²) in [5, 5.41) is 22.6. The van der Waals surface area contributed by atoms with E-state index in [-0.39, 0.29) is 0 Å². The van der Waals surface area contributed by atoms with Gasteiger partial charge in [-0.2, -0.15) is 0 Å². The van der Waals surface area contributed by atoms with Crippen molar-refractivity contribution in [1.29, 1.82) is 0 Å². The quantitative estimate of drug-likeness (QED) is 0.167. The Morgan fingerprint density at radius 3 is 1.49 bits per heavy atom. The summed E-state index contributed by atoms with van der Waals surface area (Å²) in [5.41, 5.74) is 6.79. The molecule has 0 aliphatic carbocycles. The Kier molecular flexibility index (Phi) is 5.17. The second-order valence-electron chi connectivity index (χ2n) is 14.8. The number of rotatable bonds is 2. The highest BCUT2D eigenvalue weighted by Gasteiger charge is 2.19. The number of hydrogen-bond acceptors (Lipinski definition) is 1. The number of fused-ring (bicyclic) bond motifs is 6. The molecule has 0 saturated carbocycles. The highest BCUT2D eigenvalue weighted by Crippen LogP contribution is 2.46. The molecular formula is C52H28O. The van der Waals surface area contributed by atoms with Crippen LogP contribution in [0.15, 0.2) is 174 Å². The van der Waals surface area contributed by atoms with Crippen LogP contribution in [0.5, 0.6) is 0 Å². The number of hydrogen-bond donors (Lipinski definition) is 0. The van der Waals surface area contributed by atoms with E-state index in [0.29, 0.717) is 0 Å². The molecule has 0 amide bonds. The van der Waals surface area contributed by atoms with Gasteiger partial charge in [0.15, 0.2) is 0 Å². The van der Waals surface area contributed by atoms with Crippen LogP contribution in [-0.4, -0.2) is 0 Å². The van der Waals surface area contributed by atoms with Crippen LogP contribution < -0.4 is 0 Å². The Morgan fingerprint density at radius 2 is 0.792 bits per heavy atom. The SMILES string of the molecule is c1ccc2c(c1)ccc1c3cc4c(-c5ccc6ccc7cccc8ccc5c6c78)cc(-c5ccc6ccc7cccc8ccc5c6c78)cc4cc3oc21. The first-order valence-corrected chi connectivity index (χ1v) is 18.4. The minimum absolute atomic E-state index is 0.915. The predicted molar refractivity (Wildman–Crippen MR) is 227 cm³/mol. The highest BCUT2D eigenvalue weighted by molar-refractivity contribution is 6.28. The van der Waals surface area contributed by atoms with Gasteiger partial charge >= 0.3 is 0 Å². The minimum Gasteiger partial charge on any atom is -0.455 e. The monoisotopic (exact) mass is 668 g/mol. The third-order valence-electron chi connectivity index (χ3n) is 12.1. The molecule has 1 aromatic heterocycles. The average Bonchev–Trinajstić information content (AvgIpc) is 3.58. The van der Waals surface area contributed by atoms with Gasteiger partial charge in [-0.1, -0.05) is 140 Å². The van der Waals surface area contributed by atoms with Gasteiger partial charge in [0.05, 0.1) is 0 Å². The van der Waals surface area contributed by atoms with Crippen molar-refractivity contribution in [1.82, 2.24) is 0 Å². The maximum atomic E-state index is 6.76. The van der Waals surface area contributed by atoms with Crippen LogP contribution in [0.1, 0.15) is 0 Å². The molecular weight excluding hydrogens is 641 g/mol. The minimum atomic E-state index is 0.915. The first-order chi connectivity index (χ1) is 26.2. The molecule has 0 bridgehead atoms. The molecule has 0 saturated heterocycles. The van der Waals surface area contributed by atoms with Gasteiger partial charge in [0, 0.05) is 16.2 Å². The Morgan fingerprint density at radius 1 is 0.264 bits per heavy atom. The molecule has 242 valence electrons. The summed E-state index contributed by atoms with van der Waals surface area (Å²) in [5.74, 6) is 0. The Hall–Kier alpha value is -6.96. The maximum Gasteiger partial charge on any atom is 0.143 e. The van der Waals surface area contributed by atoms with Crippen LogP contribution in [-0.2, 0) is 0 Å². The Balaban J connectivity index is 1.17. The lowest BCUT2D eigenvalue weighted by molar-refractivity contribution is 0.673. The van der Waals surface area contributed by atoms with Gasteiger partial charge in [0.2, 0.25) is 0 Å². The summed E-state index contributed by atoms with van der Waals surface area (Å²) in [6.07, 6.45) is 0. The summed E-state index contributed by atoms with van der Waals surface area (Å²) < 4.78 is 6.76. The summed E-state index contributed by atoms with van der Waals surface area (Å²) in [4.78, 5) is 0. The second kappa shape index (κ2) is 9.88. The zero-order chi connectivity index (χ0) is 34.4. The van der Waals surface area contributed by atoms with Gasteiger partial charge in [0.25, 0.3) is 0 Å². The fraction of sp³-hybridized carbons (Fsp3) is 0. The zero-order valence-corrected chi connectivity index (χ0v) is 28.6. The van der Waals surface area contributed by atoms with E-state index >= 15 is 0 Å². The van der Waals surface area contributed by atoms with E-state index in [9.17, 15) is 0 Å². The summed E-state index contributed by atoms with van der Waals surface area (Å²) in [6, 6.07) is 63.3. The van der Waals surface area contributed by atoms with Crippen LogP contribution in [0.3, 0.4) is 0 Å². The topological polar surface area (TPSA) is 13.1 Å². The molecule has 13 aromatic rings. The van der Waals surface area contributed by atoms with Crippen molar-refractivity contribution in [3.8, 4) is 22.3 Å². The molecule has 1 heteroatoms. The average molecular weight is 669 g/mol. The van der Waals surface area contributed by atoms with Crippen LogP contribution in [0.4, 0.5) is 0 Å². The molecule has 0 radical (unpaired) electrons. The molecule has 0 fully saturated rings. The van der Waals surface area contributed by atoms with Gasteiger partial charge in [0.1, 0.15) is 11.2 Å². The molecule has 12 aromatic carbocycles. The zero-order valence-electron chi connectivity index (χ0n) is 28.6. The molecule has 53 heavy (non-hydrogen) atoms. The molecule has 0 aliphatic rings. The van der Waals surface area contributed by atoms with Gasteiger partial charge in [-0.25, -0.2) is 0 Å². The van der Waals surface area contributed by atoms with Crippen molar-refractivity contribution in [3.05, 3.63) is 170 Å². The normalized spacial score (nSPS) is 12.5. The van der Waals surface area contributed by atoms with Gasteiger partial charge in [-0.05, 0) is 133 Å². The van der Waals surface area contributed by atoms with Crippen LogP contribution in [0.2, 0.25) is 0 Å². The summed E-state index contributed by atoms with van der Waals surface area (Å²) in [7, 11) is 0. The molecule has 13 rings (SSSR count). The van der Waals surface area contributed by atoms with Gasteiger partial charge < -0.3 is 4.42 Å². The highest BCUT2D eigenvalue weighted by atomic mass is 16.3. The smallest absolute Gasteiger partial charge is 0.143 e. The summed E-state index contributed by atoms with van der Waals surface area (Å²) in [6.45, 7) is 0. The van der Waals surface area contributed by atoms with Crippen molar-refractivity contribution in [2.45, 2.75) is 0 Å². The standard InChI is InChI=1S/C52H28O/c1-2-10-39-29(5-1)15-24-43-46-28-44-37(27-47(46)53-52(39)43)25-36(38-20-16-34-13-11-30-6-3-8-32-18-22-41(38)50(34)48(30)32)26-45(44)40-21-17-35-14-12-31-7-4-9-33-19-23-42(40)51(35)49(31)33/h1-28H. The van der Waals surface area contributed by atoms with E-state index < -0.39 is 0 Å². The Labute approximate surface area is 303 Å². The van der Waals surface area contributed by atoms with E-state index in [2.05, 4.69) is 170 Å². The van der Waals surface area contributed by atoms with Crippen molar-refractivity contribution >= 4 is 108 Å². The van der Waals surface area contributed by atoms with Gasteiger partial charge in [-0.15, -0.1) is 0 Å². The number of benzene rings is 12. The summed E-state index contributed by atoms with van der Waals surface area (Å²) >= 11 is 0. The van der Waals surface area contributed by atoms with Crippen molar-refractivity contribution < 1.29 is 4.42 Å². The van der Waals surface area contributed by atoms with Crippen LogP contribution >= 0.6 is 0 Å². The lowest BCUT2D eigenvalue weighted by Crippen LogP contribution is -1.91. The molecule has 0 aliphatic heterocycles. The van der Waals surface area contributed by atoms with Crippen LogP contribution in [0, 0.1) is 0 Å². The van der Waals surface area contributed by atoms with E-state index in [0.717, 1.165) is 27.3 Å². The fourth-order valence-corrected chi connectivity index (χ4v) is 9.70. The molecule has 0 atom stereocenters. The first-order valence-electron chi connectivity index (χ1n) is 18.4. The molecule has 0 unspecified atom stereocenters. The lowest BCUT2D eigenvalue weighted by Gasteiger charge is -2.18.